The van der Waals surface area contributed by atoms with Crippen molar-refractivity contribution in [2.75, 3.05) is 25.6 Å². The van der Waals surface area contributed by atoms with Crippen LogP contribution in [0.25, 0.3) is 0 Å². The predicted molar refractivity (Wildman–Crippen MR) is 67.2 cm³/mol. The third-order valence-electron chi connectivity index (χ3n) is 2.41. The molecule has 0 fully saturated rings. The van der Waals surface area contributed by atoms with Gasteiger partial charge in [-0.2, -0.15) is 13.2 Å². The molecule has 0 unspecified atom stereocenters. The fraction of sp³-hybridized carbons (Fsp3) is 0.462. The number of nitrogen functional groups attached to an aromatic ring is 1. The van der Waals surface area contributed by atoms with E-state index in [1.807, 2.05) is 6.92 Å². The zero-order valence-corrected chi connectivity index (χ0v) is 11.0. The van der Waals surface area contributed by atoms with E-state index < -0.39 is 17.7 Å². The first-order valence-electron chi connectivity index (χ1n) is 6.08. The number of ether oxygens (including phenoxy) is 2. The van der Waals surface area contributed by atoms with Crippen LogP contribution in [0.2, 0.25) is 0 Å². The first-order chi connectivity index (χ1) is 9.36. The minimum absolute atomic E-state index is 0.0271. The number of rotatable bonds is 6. The van der Waals surface area contributed by atoms with Gasteiger partial charge in [0.1, 0.15) is 6.61 Å². The number of hydrogen-bond acceptors (Lipinski definition) is 4. The summed E-state index contributed by atoms with van der Waals surface area (Å²) in [5, 5.41) is 0. The summed E-state index contributed by atoms with van der Waals surface area (Å²) in [6.45, 7) is 2.76. The van der Waals surface area contributed by atoms with Gasteiger partial charge in [-0.25, -0.2) is 4.79 Å². The van der Waals surface area contributed by atoms with Crippen molar-refractivity contribution in [1.82, 2.24) is 0 Å². The van der Waals surface area contributed by atoms with Gasteiger partial charge >= 0.3 is 12.1 Å². The molecule has 0 aliphatic heterocycles. The molecular formula is C13H16F3NO3. The second kappa shape index (κ2) is 7.14. The van der Waals surface area contributed by atoms with Crippen molar-refractivity contribution in [3.63, 3.8) is 0 Å². The summed E-state index contributed by atoms with van der Waals surface area (Å²) in [7, 11) is 0. The van der Waals surface area contributed by atoms with Crippen molar-refractivity contribution < 1.29 is 27.4 Å². The van der Waals surface area contributed by atoms with Gasteiger partial charge in [-0.3, -0.25) is 0 Å². The highest BCUT2D eigenvalue weighted by atomic mass is 19.4. The fourth-order valence-electron chi connectivity index (χ4n) is 1.44. The fourth-order valence-corrected chi connectivity index (χ4v) is 1.44. The van der Waals surface area contributed by atoms with Gasteiger partial charge in [0.2, 0.25) is 0 Å². The van der Waals surface area contributed by atoms with Crippen LogP contribution < -0.4 is 5.73 Å². The molecule has 0 aliphatic rings. The van der Waals surface area contributed by atoms with Gasteiger partial charge in [0.25, 0.3) is 0 Å². The van der Waals surface area contributed by atoms with E-state index in [0.717, 1.165) is 18.6 Å². The quantitative estimate of drug-likeness (QED) is 0.497. The molecule has 0 aliphatic carbocycles. The molecule has 7 heteroatoms. The summed E-state index contributed by atoms with van der Waals surface area (Å²) in [6.07, 6.45) is -3.65. The van der Waals surface area contributed by atoms with Crippen molar-refractivity contribution >= 4 is 11.7 Å². The molecule has 112 valence electrons. The van der Waals surface area contributed by atoms with Crippen LogP contribution in [0.4, 0.5) is 18.9 Å². The van der Waals surface area contributed by atoms with Crippen molar-refractivity contribution in [2.45, 2.75) is 19.5 Å². The molecule has 0 atom stereocenters. The van der Waals surface area contributed by atoms with E-state index in [2.05, 4.69) is 0 Å². The highest BCUT2D eigenvalue weighted by molar-refractivity contribution is 5.95. The first kappa shape index (κ1) is 16.3. The van der Waals surface area contributed by atoms with Crippen molar-refractivity contribution in [3.8, 4) is 0 Å². The molecule has 1 rings (SSSR count). The molecule has 0 bridgehead atoms. The predicted octanol–water partition coefficient (Wildman–Crippen LogP) is 2.87. The molecule has 0 aromatic heterocycles. The Morgan fingerprint density at radius 2 is 1.95 bits per heavy atom. The van der Waals surface area contributed by atoms with E-state index in [9.17, 15) is 18.0 Å². The summed E-state index contributed by atoms with van der Waals surface area (Å²) < 4.78 is 47.3. The highest BCUT2D eigenvalue weighted by Crippen LogP contribution is 2.31. The number of carbonyl (C=O) groups is 1. The number of nitrogens with two attached hydrogens (primary N) is 1. The smallest absolute Gasteiger partial charge is 0.416 e. The third-order valence-corrected chi connectivity index (χ3v) is 2.41. The highest BCUT2D eigenvalue weighted by Gasteiger charge is 2.31. The largest absolute Gasteiger partial charge is 0.460 e. The lowest BCUT2D eigenvalue weighted by Gasteiger charge is -2.10. The standard InChI is InChI=1S/C13H16F3NO3/c1-2-5-19-6-7-20-12(18)10-4-3-9(8-11(10)17)13(14,15)16/h3-4,8H,2,5-7,17H2,1H3. The monoisotopic (exact) mass is 291 g/mol. The van der Waals surface area contributed by atoms with E-state index >= 15 is 0 Å². The number of anilines is 1. The van der Waals surface area contributed by atoms with Gasteiger partial charge in [0.05, 0.1) is 17.7 Å². The summed E-state index contributed by atoms with van der Waals surface area (Å²) >= 11 is 0. The topological polar surface area (TPSA) is 61.5 Å². The van der Waals surface area contributed by atoms with Crippen LogP contribution in [0, 0.1) is 0 Å². The molecule has 0 radical (unpaired) electrons. The van der Waals surface area contributed by atoms with Crippen LogP contribution in [0.5, 0.6) is 0 Å². The maximum Gasteiger partial charge on any atom is 0.416 e. The number of hydrogen-bond donors (Lipinski definition) is 1. The van der Waals surface area contributed by atoms with Crippen LogP contribution in [0.3, 0.4) is 0 Å². The molecule has 4 nitrogen and oxygen atoms in total. The number of carbonyl (C=O) groups excluding carboxylic acids is 1. The number of alkyl halides is 3. The zero-order chi connectivity index (χ0) is 15.2. The summed E-state index contributed by atoms with van der Waals surface area (Å²) in [4.78, 5) is 11.6. The normalized spacial score (nSPS) is 11.4. The Bertz CT molecular complexity index is 461. The van der Waals surface area contributed by atoms with E-state index in [-0.39, 0.29) is 24.5 Å². The lowest BCUT2D eigenvalue weighted by atomic mass is 10.1. The number of benzene rings is 1. The molecular weight excluding hydrogens is 275 g/mol. The van der Waals surface area contributed by atoms with Gasteiger partial charge in [0.15, 0.2) is 0 Å². The van der Waals surface area contributed by atoms with E-state index in [4.69, 9.17) is 15.2 Å². The van der Waals surface area contributed by atoms with Gasteiger partial charge in [-0.05, 0) is 24.6 Å². The second-order valence-corrected chi connectivity index (χ2v) is 4.05. The first-order valence-corrected chi connectivity index (χ1v) is 6.08. The molecule has 20 heavy (non-hydrogen) atoms. The van der Waals surface area contributed by atoms with Crippen molar-refractivity contribution in [2.24, 2.45) is 0 Å². The Kier molecular flexibility index (Phi) is 5.82. The van der Waals surface area contributed by atoms with Crippen molar-refractivity contribution in [1.29, 1.82) is 0 Å². The number of esters is 1. The van der Waals surface area contributed by atoms with Crippen LogP contribution >= 0.6 is 0 Å². The molecule has 0 saturated heterocycles. The molecule has 0 heterocycles. The van der Waals surface area contributed by atoms with Crippen LogP contribution in [-0.2, 0) is 15.7 Å². The van der Waals surface area contributed by atoms with Gasteiger partial charge in [0, 0.05) is 12.3 Å². The minimum Gasteiger partial charge on any atom is -0.460 e. The van der Waals surface area contributed by atoms with Crippen molar-refractivity contribution in [3.05, 3.63) is 29.3 Å². The molecule has 2 N–H and O–H groups in total. The summed E-state index contributed by atoms with van der Waals surface area (Å²) in [5.41, 5.74) is 4.18. The van der Waals surface area contributed by atoms with Crippen LogP contribution in [0.15, 0.2) is 18.2 Å². The zero-order valence-electron chi connectivity index (χ0n) is 11.0. The molecule has 0 spiro atoms. The number of halogens is 3. The average molecular weight is 291 g/mol. The Balaban J connectivity index is 2.61. The second-order valence-electron chi connectivity index (χ2n) is 4.05. The Hall–Kier alpha value is -1.76. The Labute approximate surface area is 114 Å². The molecule has 1 aromatic rings. The lowest BCUT2D eigenvalue weighted by Crippen LogP contribution is -2.14. The lowest BCUT2D eigenvalue weighted by molar-refractivity contribution is -0.137. The Morgan fingerprint density at radius 1 is 1.25 bits per heavy atom. The minimum atomic E-state index is -4.50. The van der Waals surface area contributed by atoms with Crippen LogP contribution in [-0.4, -0.2) is 25.8 Å². The maximum absolute atomic E-state index is 12.4. The van der Waals surface area contributed by atoms with Gasteiger partial charge in [-0.1, -0.05) is 6.92 Å². The van der Waals surface area contributed by atoms with Crippen LogP contribution in [0.1, 0.15) is 29.3 Å². The SMILES string of the molecule is CCCOCCOC(=O)c1ccc(C(F)(F)F)cc1N. The Morgan fingerprint density at radius 3 is 2.50 bits per heavy atom. The third kappa shape index (κ3) is 4.73. The summed E-state index contributed by atoms with van der Waals surface area (Å²) in [5.74, 6) is -0.767. The summed E-state index contributed by atoms with van der Waals surface area (Å²) in [6, 6.07) is 2.51. The molecule has 1 aromatic carbocycles. The van der Waals surface area contributed by atoms with Gasteiger partial charge < -0.3 is 15.2 Å². The van der Waals surface area contributed by atoms with E-state index in [1.165, 1.54) is 0 Å². The molecule has 0 saturated carbocycles. The van der Waals surface area contributed by atoms with Gasteiger partial charge in [-0.15, -0.1) is 0 Å². The maximum atomic E-state index is 12.4. The van der Waals surface area contributed by atoms with E-state index in [0.29, 0.717) is 12.7 Å². The van der Waals surface area contributed by atoms with E-state index in [1.54, 1.807) is 0 Å². The average Bonchev–Trinajstić information content (AvgIpc) is 2.37. The molecule has 0 amide bonds.